The van der Waals surface area contributed by atoms with E-state index >= 15 is 0 Å². The quantitative estimate of drug-likeness (QED) is 0.770. The first-order valence-electron chi connectivity index (χ1n) is 6.42. The number of benzene rings is 2. The largest absolute Gasteiger partial charge is 0.384 e. The average molecular weight is 366 g/mol. The van der Waals surface area contributed by atoms with Crippen LogP contribution in [0.4, 0.5) is 0 Å². The van der Waals surface area contributed by atoms with Gasteiger partial charge in [0.05, 0.1) is 0 Å². The Morgan fingerprint density at radius 1 is 0.842 bits per heavy atom. The van der Waals surface area contributed by atoms with Gasteiger partial charge in [-0.2, -0.15) is 0 Å². The van der Waals surface area contributed by atoms with Gasteiger partial charge in [0.15, 0.2) is 0 Å². The van der Waals surface area contributed by atoms with Gasteiger partial charge < -0.3 is 5.11 Å². The van der Waals surface area contributed by atoms with Crippen molar-refractivity contribution in [3.63, 3.8) is 0 Å². The zero-order chi connectivity index (χ0) is 14.2. The van der Waals surface area contributed by atoms with Gasteiger partial charge in [-0.15, -0.1) is 0 Å². The fraction of sp³-hybridized carbons (Fsp3) is 0.294. The maximum Gasteiger partial charge on any atom is 0.105 e. The predicted molar refractivity (Wildman–Crippen MR) is 88.6 cm³/mol. The Hall–Kier alpha value is -0.870. The van der Waals surface area contributed by atoms with E-state index in [0.29, 0.717) is 0 Å². The zero-order valence-corrected chi connectivity index (χ0v) is 13.9. The summed E-state index contributed by atoms with van der Waals surface area (Å²) in [5.41, 5.74) is 6.85. The van der Waals surface area contributed by atoms with E-state index < -0.39 is 6.10 Å². The minimum atomic E-state index is -0.550. The fourth-order valence-electron chi connectivity index (χ4n) is 2.33. The Morgan fingerprint density at radius 2 is 1.47 bits per heavy atom. The van der Waals surface area contributed by atoms with Gasteiger partial charge in [0.25, 0.3) is 0 Å². The summed E-state index contributed by atoms with van der Waals surface area (Å²) in [5.74, 6) is 0. The summed E-state index contributed by atoms with van der Waals surface area (Å²) >= 11 is 2.31. The van der Waals surface area contributed by atoms with Crippen molar-refractivity contribution in [3.8, 4) is 0 Å². The molecule has 0 radical (unpaired) electrons. The van der Waals surface area contributed by atoms with Crippen molar-refractivity contribution in [3.05, 3.63) is 67.3 Å². The van der Waals surface area contributed by atoms with Crippen molar-refractivity contribution in [1.82, 2.24) is 0 Å². The number of aryl methyl sites for hydroxylation is 4. The Labute approximate surface area is 128 Å². The van der Waals surface area contributed by atoms with Crippen LogP contribution in [0.15, 0.2) is 30.3 Å². The molecule has 1 atom stereocenters. The highest BCUT2D eigenvalue weighted by Crippen LogP contribution is 2.31. The highest BCUT2D eigenvalue weighted by Gasteiger charge is 2.17. The Balaban J connectivity index is 2.53. The summed E-state index contributed by atoms with van der Waals surface area (Å²) < 4.78 is 1.14. The van der Waals surface area contributed by atoms with Gasteiger partial charge in [0.2, 0.25) is 0 Å². The van der Waals surface area contributed by atoms with Gasteiger partial charge in [-0.3, -0.25) is 0 Å². The summed E-state index contributed by atoms with van der Waals surface area (Å²) in [6.07, 6.45) is -0.550. The fourth-order valence-corrected chi connectivity index (χ4v) is 2.98. The Bertz CT molecular complexity index is 617. The first-order chi connectivity index (χ1) is 8.91. The molecule has 2 heteroatoms. The van der Waals surface area contributed by atoms with Gasteiger partial charge in [-0.05, 0) is 83.7 Å². The van der Waals surface area contributed by atoms with Crippen molar-refractivity contribution < 1.29 is 5.11 Å². The number of aliphatic hydroxyl groups is 1. The summed E-state index contributed by atoms with van der Waals surface area (Å²) in [5, 5.41) is 10.7. The van der Waals surface area contributed by atoms with Crippen LogP contribution in [-0.4, -0.2) is 5.11 Å². The van der Waals surface area contributed by atoms with Crippen LogP contribution >= 0.6 is 22.6 Å². The molecule has 0 saturated heterocycles. The molecule has 1 N–H and O–H groups in total. The highest BCUT2D eigenvalue weighted by molar-refractivity contribution is 14.1. The van der Waals surface area contributed by atoms with Gasteiger partial charge in [-0.25, -0.2) is 0 Å². The van der Waals surface area contributed by atoms with E-state index in [9.17, 15) is 5.11 Å². The second kappa shape index (κ2) is 5.63. The molecule has 1 nitrogen and oxygen atoms in total. The lowest BCUT2D eigenvalue weighted by Gasteiger charge is -2.18. The van der Waals surface area contributed by atoms with Gasteiger partial charge in [0.1, 0.15) is 6.10 Å². The third-order valence-corrected chi connectivity index (χ3v) is 5.17. The topological polar surface area (TPSA) is 20.2 Å². The molecular weight excluding hydrogens is 347 g/mol. The van der Waals surface area contributed by atoms with E-state index in [0.717, 1.165) is 20.3 Å². The smallest absolute Gasteiger partial charge is 0.105 e. The molecule has 100 valence electrons. The third-order valence-electron chi connectivity index (χ3n) is 3.69. The van der Waals surface area contributed by atoms with E-state index in [-0.39, 0.29) is 0 Å². The second-order valence-electron chi connectivity index (χ2n) is 5.17. The van der Waals surface area contributed by atoms with Crippen molar-refractivity contribution in [2.24, 2.45) is 0 Å². The molecule has 2 aromatic carbocycles. The molecule has 1 unspecified atom stereocenters. The van der Waals surface area contributed by atoms with Crippen LogP contribution in [0.1, 0.15) is 39.5 Å². The Morgan fingerprint density at radius 3 is 2.16 bits per heavy atom. The number of rotatable bonds is 2. The first kappa shape index (κ1) is 14.5. The molecule has 0 aromatic heterocycles. The average Bonchev–Trinajstić information content (AvgIpc) is 2.36. The molecule has 0 heterocycles. The zero-order valence-electron chi connectivity index (χ0n) is 11.8. The maximum absolute atomic E-state index is 10.7. The SMILES string of the molecule is Cc1cc(C)c(C(O)c2cccc(C)c2I)cc1C. The third kappa shape index (κ3) is 2.84. The number of hydrogen-bond donors (Lipinski definition) is 1. The van der Waals surface area contributed by atoms with Gasteiger partial charge in [-0.1, -0.05) is 30.3 Å². The van der Waals surface area contributed by atoms with E-state index in [1.807, 2.05) is 12.1 Å². The normalized spacial score (nSPS) is 12.5. The molecule has 19 heavy (non-hydrogen) atoms. The van der Waals surface area contributed by atoms with Crippen LogP contribution in [0.3, 0.4) is 0 Å². The highest BCUT2D eigenvalue weighted by atomic mass is 127. The van der Waals surface area contributed by atoms with Crippen LogP contribution in [-0.2, 0) is 0 Å². The summed E-state index contributed by atoms with van der Waals surface area (Å²) in [6, 6.07) is 10.3. The number of halogens is 1. The summed E-state index contributed by atoms with van der Waals surface area (Å²) in [7, 11) is 0. The lowest BCUT2D eigenvalue weighted by Crippen LogP contribution is -2.06. The Kier molecular flexibility index (Phi) is 4.31. The predicted octanol–water partition coefficient (Wildman–Crippen LogP) is 4.61. The van der Waals surface area contributed by atoms with Crippen molar-refractivity contribution in [1.29, 1.82) is 0 Å². The lowest BCUT2D eigenvalue weighted by molar-refractivity contribution is 0.218. The molecule has 0 fully saturated rings. The maximum atomic E-state index is 10.7. The van der Waals surface area contributed by atoms with Crippen molar-refractivity contribution in [2.45, 2.75) is 33.8 Å². The van der Waals surface area contributed by atoms with Gasteiger partial charge >= 0.3 is 0 Å². The second-order valence-corrected chi connectivity index (χ2v) is 6.25. The minimum absolute atomic E-state index is 0.550. The van der Waals surface area contributed by atoms with Crippen LogP contribution in [0.2, 0.25) is 0 Å². The monoisotopic (exact) mass is 366 g/mol. The van der Waals surface area contributed by atoms with E-state index in [2.05, 4.69) is 68.5 Å². The van der Waals surface area contributed by atoms with Crippen LogP contribution in [0, 0.1) is 31.3 Å². The molecule has 0 saturated carbocycles. The van der Waals surface area contributed by atoms with Crippen LogP contribution in [0.5, 0.6) is 0 Å². The van der Waals surface area contributed by atoms with E-state index in [1.54, 1.807) is 0 Å². The molecular formula is C17H19IO. The molecule has 0 aliphatic rings. The van der Waals surface area contributed by atoms with Gasteiger partial charge in [0, 0.05) is 3.57 Å². The summed E-state index contributed by atoms with van der Waals surface area (Å²) in [6.45, 7) is 8.33. The number of hydrogen-bond acceptors (Lipinski definition) is 1. The molecule has 0 amide bonds. The standard InChI is InChI=1S/C17H19IO/c1-10-6-5-7-14(16(10)18)17(19)15-9-12(3)11(2)8-13(15)4/h5-9,17,19H,1-4H3. The first-order valence-corrected chi connectivity index (χ1v) is 7.50. The minimum Gasteiger partial charge on any atom is -0.384 e. The molecule has 0 bridgehead atoms. The molecule has 0 aliphatic carbocycles. The van der Waals surface area contributed by atoms with E-state index in [4.69, 9.17) is 0 Å². The lowest BCUT2D eigenvalue weighted by atomic mass is 9.93. The van der Waals surface area contributed by atoms with Crippen molar-refractivity contribution >= 4 is 22.6 Å². The molecule has 0 aliphatic heterocycles. The van der Waals surface area contributed by atoms with Crippen LogP contribution in [0.25, 0.3) is 0 Å². The molecule has 2 aromatic rings. The van der Waals surface area contributed by atoms with Crippen molar-refractivity contribution in [2.75, 3.05) is 0 Å². The van der Waals surface area contributed by atoms with E-state index in [1.165, 1.54) is 16.7 Å². The molecule has 2 rings (SSSR count). The summed E-state index contributed by atoms with van der Waals surface area (Å²) in [4.78, 5) is 0. The van der Waals surface area contributed by atoms with Crippen LogP contribution < -0.4 is 0 Å². The molecule has 0 spiro atoms. The number of aliphatic hydroxyl groups excluding tert-OH is 1.